The van der Waals surface area contributed by atoms with Crippen LogP contribution in [-0.2, 0) is 9.53 Å². The Kier molecular flexibility index (Phi) is 8.44. The lowest BCUT2D eigenvalue weighted by Gasteiger charge is -2.19. The molecule has 1 amide bonds. The van der Waals surface area contributed by atoms with E-state index in [2.05, 4.69) is 32.2 Å². The highest BCUT2D eigenvalue weighted by Crippen LogP contribution is 2.37. The summed E-state index contributed by atoms with van der Waals surface area (Å²) in [7, 11) is 3.55. The zero-order valence-electron chi connectivity index (χ0n) is 19.3. The highest BCUT2D eigenvalue weighted by atomic mass is 19.1. The van der Waals surface area contributed by atoms with Gasteiger partial charge in [0.15, 0.2) is 23.1 Å². The number of rotatable bonds is 7. The van der Waals surface area contributed by atoms with E-state index in [1.54, 1.807) is 0 Å². The van der Waals surface area contributed by atoms with Gasteiger partial charge in [0.2, 0.25) is 11.9 Å². The lowest BCUT2D eigenvalue weighted by molar-refractivity contribution is -0.117. The Hall–Kier alpha value is -3.90. The van der Waals surface area contributed by atoms with Gasteiger partial charge < -0.3 is 30.0 Å². The van der Waals surface area contributed by atoms with Crippen LogP contribution in [0.1, 0.15) is 0 Å². The van der Waals surface area contributed by atoms with Crippen molar-refractivity contribution in [3.63, 3.8) is 0 Å². The SMILES string of the molecule is C=CC(=O)NC1COCC1Nc1ncc2cc(-c3c(F)c(OC)cc(OC)c3F)ncc2n1.CO. The molecule has 2 aromatic heterocycles. The van der Waals surface area contributed by atoms with E-state index < -0.39 is 11.6 Å². The molecular weight excluding hydrogens is 464 g/mol. The highest BCUT2D eigenvalue weighted by molar-refractivity contribution is 5.87. The van der Waals surface area contributed by atoms with Crippen LogP contribution in [0.3, 0.4) is 0 Å². The molecule has 1 saturated heterocycles. The minimum Gasteiger partial charge on any atom is -0.494 e. The average molecular weight is 489 g/mol. The molecule has 12 heteroatoms. The van der Waals surface area contributed by atoms with Crippen LogP contribution >= 0.6 is 0 Å². The number of amides is 1. The van der Waals surface area contributed by atoms with E-state index >= 15 is 0 Å². The monoisotopic (exact) mass is 489 g/mol. The van der Waals surface area contributed by atoms with Gasteiger partial charge in [-0.25, -0.2) is 18.7 Å². The lowest BCUT2D eigenvalue weighted by Crippen LogP contribution is -2.45. The van der Waals surface area contributed by atoms with Gasteiger partial charge in [-0.2, -0.15) is 0 Å². The van der Waals surface area contributed by atoms with Crippen LogP contribution in [0.4, 0.5) is 14.7 Å². The highest BCUT2D eigenvalue weighted by Gasteiger charge is 2.30. The molecule has 3 heterocycles. The summed E-state index contributed by atoms with van der Waals surface area (Å²) < 4.78 is 45.1. The van der Waals surface area contributed by atoms with E-state index in [1.807, 2.05) is 0 Å². The fourth-order valence-electron chi connectivity index (χ4n) is 3.50. The predicted molar refractivity (Wildman–Crippen MR) is 124 cm³/mol. The van der Waals surface area contributed by atoms with Gasteiger partial charge in [-0.05, 0) is 12.1 Å². The van der Waals surface area contributed by atoms with Crippen molar-refractivity contribution in [2.75, 3.05) is 39.9 Å². The van der Waals surface area contributed by atoms with Gasteiger partial charge in [-0.1, -0.05) is 6.58 Å². The standard InChI is InChI=1S/C22H21F2N5O4.CH4O/c1-4-18(30)27-14-9-33-10-15(14)29-22-26-7-11-5-12(25-8-13(11)28-22)19-20(23)16(31-2)6-17(32-3)21(19)24;1-2/h4-8,14-15H,1,9-10H2,2-3H3,(H,27,30)(H,26,28,29);2H,1H3. The van der Waals surface area contributed by atoms with Gasteiger partial charge >= 0.3 is 0 Å². The molecule has 0 radical (unpaired) electrons. The Morgan fingerprint density at radius 3 is 2.40 bits per heavy atom. The summed E-state index contributed by atoms with van der Waals surface area (Å²) in [5.74, 6) is -2.13. The van der Waals surface area contributed by atoms with Gasteiger partial charge in [0.1, 0.15) is 0 Å². The predicted octanol–water partition coefficient (Wildman–Crippen LogP) is 2.08. The van der Waals surface area contributed by atoms with E-state index in [9.17, 15) is 13.6 Å². The molecule has 1 fully saturated rings. The molecule has 3 N–H and O–H groups in total. The van der Waals surface area contributed by atoms with Crippen molar-refractivity contribution < 1.29 is 32.9 Å². The second-order valence-corrected chi connectivity index (χ2v) is 7.21. The first kappa shape index (κ1) is 25.7. The maximum atomic E-state index is 14.8. The quantitative estimate of drug-likeness (QED) is 0.428. The van der Waals surface area contributed by atoms with Crippen molar-refractivity contribution in [1.82, 2.24) is 20.3 Å². The molecule has 1 aromatic carbocycles. The number of ether oxygens (including phenoxy) is 3. The fourth-order valence-corrected chi connectivity index (χ4v) is 3.50. The maximum absolute atomic E-state index is 14.8. The van der Waals surface area contributed by atoms with Crippen molar-refractivity contribution in [3.05, 3.63) is 48.8 Å². The second-order valence-electron chi connectivity index (χ2n) is 7.21. The number of hydrogen-bond donors (Lipinski definition) is 3. The van der Waals surface area contributed by atoms with Crippen LogP contribution in [0.15, 0.2) is 37.2 Å². The molecule has 0 bridgehead atoms. The van der Waals surface area contributed by atoms with Crippen LogP contribution in [0, 0.1) is 11.6 Å². The average Bonchev–Trinajstić information content (AvgIpc) is 3.31. The number of aliphatic hydroxyl groups is 1. The Bertz CT molecular complexity index is 1200. The van der Waals surface area contributed by atoms with Crippen molar-refractivity contribution >= 4 is 22.8 Å². The number of benzene rings is 1. The van der Waals surface area contributed by atoms with Crippen molar-refractivity contribution in [3.8, 4) is 22.8 Å². The summed E-state index contributed by atoms with van der Waals surface area (Å²) in [4.78, 5) is 24.5. The van der Waals surface area contributed by atoms with Crippen molar-refractivity contribution in [2.45, 2.75) is 12.1 Å². The number of pyridine rings is 1. The Labute approximate surface area is 200 Å². The topological polar surface area (TPSA) is 128 Å². The number of carbonyl (C=O) groups excluding carboxylic acids is 1. The van der Waals surface area contributed by atoms with Crippen LogP contribution in [0.25, 0.3) is 22.2 Å². The molecule has 0 spiro atoms. The van der Waals surface area contributed by atoms with Crippen molar-refractivity contribution in [2.24, 2.45) is 0 Å². The van der Waals surface area contributed by atoms with Gasteiger partial charge in [0.25, 0.3) is 0 Å². The number of anilines is 1. The van der Waals surface area contributed by atoms with Crippen molar-refractivity contribution in [1.29, 1.82) is 0 Å². The first-order valence-electron chi connectivity index (χ1n) is 10.4. The molecule has 1 aliphatic heterocycles. The smallest absolute Gasteiger partial charge is 0.243 e. The molecule has 0 saturated carbocycles. The Morgan fingerprint density at radius 2 is 1.77 bits per heavy atom. The minimum atomic E-state index is -0.893. The van der Waals surface area contributed by atoms with Gasteiger partial charge in [0, 0.05) is 24.8 Å². The molecule has 4 rings (SSSR count). The number of nitrogens with one attached hydrogen (secondary N) is 2. The van der Waals surface area contributed by atoms with E-state index in [1.165, 1.54) is 38.8 Å². The number of methoxy groups -OCH3 is 2. The Morgan fingerprint density at radius 1 is 1.11 bits per heavy atom. The summed E-state index contributed by atoms with van der Waals surface area (Å²) in [6.45, 7) is 4.14. The fraction of sp³-hybridized carbons (Fsp3) is 0.304. The first-order valence-corrected chi connectivity index (χ1v) is 10.4. The molecular formula is C23H25F2N5O5. The number of fused-ring (bicyclic) bond motifs is 1. The third kappa shape index (κ3) is 5.44. The van der Waals surface area contributed by atoms with Gasteiger partial charge in [-0.15, -0.1) is 0 Å². The van der Waals surface area contributed by atoms with Crippen LogP contribution in [0.5, 0.6) is 11.5 Å². The molecule has 186 valence electrons. The summed E-state index contributed by atoms with van der Waals surface area (Å²) >= 11 is 0. The number of aromatic nitrogens is 3. The van der Waals surface area contributed by atoms with E-state index in [4.69, 9.17) is 19.3 Å². The van der Waals surface area contributed by atoms with E-state index in [0.717, 1.165) is 13.2 Å². The van der Waals surface area contributed by atoms with E-state index in [-0.39, 0.29) is 40.7 Å². The zero-order chi connectivity index (χ0) is 25.5. The Balaban J connectivity index is 0.00000167. The van der Waals surface area contributed by atoms with Gasteiger partial charge in [0.05, 0.1) is 62.5 Å². The number of hydrogen-bond acceptors (Lipinski definition) is 9. The third-order valence-electron chi connectivity index (χ3n) is 5.20. The number of halogens is 2. The molecule has 2 unspecified atom stereocenters. The van der Waals surface area contributed by atoms with Crippen LogP contribution < -0.4 is 20.1 Å². The molecule has 3 aromatic rings. The third-order valence-corrected chi connectivity index (χ3v) is 5.20. The number of carbonyl (C=O) groups is 1. The molecule has 35 heavy (non-hydrogen) atoms. The minimum absolute atomic E-state index is 0.0374. The molecule has 2 atom stereocenters. The molecule has 1 aliphatic rings. The van der Waals surface area contributed by atoms with Gasteiger partial charge in [-0.3, -0.25) is 9.78 Å². The largest absolute Gasteiger partial charge is 0.494 e. The number of nitrogens with zero attached hydrogens (tertiary/aromatic N) is 3. The van der Waals surface area contributed by atoms with E-state index in [0.29, 0.717) is 30.1 Å². The number of aliphatic hydroxyl groups excluding tert-OH is 1. The molecule has 10 nitrogen and oxygen atoms in total. The van der Waals surface area contributed by atoms with Crippen LogP contribution in [0.2, 0.25) is 0 Å². The zero-order valence-corrected chi connectivity index (χ0v) is 19.3. The summed E-state index contributed by atoms with van der Waals surface area (Å²) in [6.07, 6.45) is 4.09. The summed E-state index contributed by atoms with van der Waals surface area (Å²) in [5, 5.41) is 13.4. The molecule has 0 aliphatic carbocycles. The van der Waals surface area contributed by atoms with Crippen LogP contribution in [-0.4, -0.2) is 72.6 Å². The lowest BCUT2D eigenvalue weighted by atomic mass is 10.1. The summed E-state index contributed by atoms with van der Waals surface area (Å²) in [6, 6.07) is 2.09. The second kappa shape index (κ2) is 11.5. The normalized spacial score (nSPS) is 16.7. The maximum Gasteiger partial charge on any atom is 0.243 e. The summed E-state index contributed by atoms with van der Waals surface area (Å²) in [5.41, 5.74) is 0.118. The first-order chi connectivity index (χ1) is 16.9.